The summed E-state index contributed by atoms with van der Waals surface area (Å²) in [4.78, 5) is 0. The molecule has 2 aromatic carbocycles. The molecule has 0 spiro atoms. The topological polar surface area (TPSA) is 39.9 Å². The van der Waals surface area contributed by atoms with Gasteiger partial charge < -0.3 is 4.74 Å². The molecule has 0 saturated carbocycles. The van der Waals surface area contributed by atoms with E-state index in [0.29, 0.717) is 0 Å². The number of rotatable bonds is 7. The van der Waals surface area contributed by atoms with Crippen molar-refractivity contribution in [1.82, 2.24) is 14.8 Å². The van der Waals surface area contributed by atoms with E-state index in [0.717, 1.165) is 41.0 Å². The van der Waals surface area contributed by atoms with E-state index in [-0.39, 0.29) is 0 Å². The molecule has 0 amide bonds. The van der Waals surface area contributed by atoms with Gasteiger partial charge in [0, 0.05) is 11.4 Å². The quantitative estimate of drug-likeness (QED) is 0.475. The molecule has 0 radical (unpaired) electrons. The molecule has 0 unspecified atom stereocenters. The van der Waals surface area contributed by atoms with E-state index in [1.165, 1.54) is 5.56 Å². The predicted octanol–water partition coefficient (Wildman–Crippen LogP) is 4.31. The molecular formula is C19H21N3OS. The fourth-order valence-electron chi connectivity index (χ4n) is 2.55. The highest BCUT2D eigenvalue weighted by molar-refractivity contribution is 7.99. The van der Waals surface area contributed by atoms with E-state index in [4.69, 9.17) is 4.74 Å². The van der Waals surface area contributed by atoms with Gasteiger partial charge in [-0.2, -0.15) is 0 Å². The summed E-state index contributed by atoms with van der Waals surface area (Å²) in [5, 5.41) is 9.49. The third-order valence-corrected chi connectivity index (χ3v) is 4.82. The van der Waals surface area contributed by atoms with Crippen LogP contribution in [-0.4, -0.2) is 27.6 Å². The van der Waals surface area contributed by atoms with Crippen LogP contribution in [0.3, 0.4) is 0 Å². The molecule has 0 aliphatic rings. The van der Waals surface area contributed by atoms with Gasteiger partial charge in [-0.25, -0.2) is 0 Å². The zero-order valence-electron chi connectivity index (χ0n) is 14.0. The summed E-state index contributed by atoms with van der Waals surface area (Å²) in [6, 6.07) is 18.6. The van der Waals surface area contributed by atoms with Crippen LogP contribution in [0.5, 0.6) is 5.75 Å². The van der Waals surface area contributed by atoms with Crippen LogP contribution in [0.1, 0.15) is 17.8 Å². The number of hydrogen-bond acceptors (Lipinski definition) is 4. The van der Waals surface area contributed by atoms with Gasteiger partial charge in [0.1, 0.15) is 11.6 Å². The second kappa shape index (κ2) is 8.02. The van der Waals surface area contributed by atoms with Crippen LogP contribution < -0.4 is 4.74 Å². The van der Waals surface area contributed by atoms with E-state index in [1.807, 2.05) is 31.2 Å². The SMILES string of the molecule is COc1ccc(-n2c(C)nnc2SCCCc2ccccc2)cc1. The van der Waals surface area contributed by atoms with Gasteiger partial charge in [-0.1, -0.05) is 42.1 Å². The van der Waals surface area contributed by atoms with E-state index in [1.54, 1.807) is 18.9 Å². The van der Waals surface area contributed by atoms with Crippen molar-refractivity contribution in [3.05, 3.63) is 66.0 Å². The first-order valence-corrected chi connectivity index (χ1v) is 8.99. The molecular weight excluding hydrogens is 318 g/mol. The summed E-state index contributed by atoms with van der Waals surface area (Å²) < 4.78 is 7.31. The average molecular weight is 339 g/mol. The molecule has 1 aromatic heterocycles. The van der Waals surface area contributed by atoms with E-state index in [9.17, 15) is 0 Å². The molecule has 124 valence electrons. The first-order valence-electron chi connectivity index (χ1n) is 8.01. The maximum Gasteiger partial charge on any atom is 0.195 e. The van der Waals surface area contributed by atoms with Gasteiger partial charge in [0.05, 0.1) is 7.11 Å². The Kier molecular flexibility index (Phi) is 5.54. The summed E-state index contributed by atoms with van der Waals surface area (Å²) >= 11 is 1.75. The number of aryl methyl sites for hydroxylation is 2. The Morgan fingerprint density at radius 1 is 1.00 bits per heavy atom. The monoisotopic (exact) mass is 339 g/mol. The lowest BCUT2D eigenvalue weighted by Gasteiger charge is -2.09. The maximum absolute atomic E-state index is 5.22. The van der Waals surface area contributed by atoms with Crippen LogP contribution in [0.4, 0.5) is 0 Å². The summed E-state index contributed by atoms with van der Waals surface area (Å²) in [5.41, 5.74) is 2.44. The zero-order chi connectivity index (χ0) is 16.8. The predicted molar refractivity (Wildman–Crippen MR) is 98.1 cm³/mol. The lowest BCUT2D eigenvalue weighted by atomic mass is 10.1. The van der Waals surface area contributed by atoms with E-state index < -0.39 is 0 Å². The summed E-state index contributed by atoms with van der Waals surface area (Å²) in [6.45, 7) is 1.98. The van der Waals surface area contributed by atoms with Crippen LogP contribution in [-0.2, 0) is 6.42 Å². The van der Waals surface area contributed by atoms with Crippen LogP contribution in [0.15, 0.2) is 59.8 Å². The molecule has 3 rings (SSSR count). The molecule has 0 atom stereocenters. The van der Waals surface area contributed by atoms with Gasteiger partial charge in [-0.15, -0.1) is 10.2 Å². The van der Waals surface area contributed by atoms with Crippen molar-refractivity contribution in [2.24, 2.45) is 0 Å². The number of methoxy groups -OCH3 is 1. The Hall–Kier alpha value is -2.27. The van der Waals surface area contributed by atoms with E-state index >= 15 is 0 Å². The van der Waals surface area contributed by atoms with Crippen molar-refractivity contribution in [3.63, 3.8) is 0 Å². The summed E-state index contributed by atoms with van der Waals surface area (Å²) in [5.74, 6) is 2.76. The number of thioether (sulfide) groups is 1. The summed E-state index contributed by atoms with van der Waals surface area (Å²) in [6.07, 6.45) is 2.20. The number of hydrogen-bond donors (Lipinski definition) is 0. The molecule has 0 N–H and O–H groups in total. The minimum atomic E-state index is 0.849. The Labute approximate surface area is 146 Å². The molecule has 0 bridgehead atoms. The first kappa shape index (κ1) is 16.6. The fraction of sp³-hybridized carbons (Fsp3) is 0.263. The molecule has 0 aliphatic heterocycles. The fourth-order valence-corrected chi connectivity index (χ4v) is 3.49. The second-order valence-corrected chi connectivity index (χ2v) is 6.56. The highest BCUT2D eigenvalue weighted by Gasteiger charge is 2.11. The van der Waals surface area contributed by atoms with Crippen LogP contribution in [0, 0.1) is 6.92 Å². The van der Waals surface area contributed by atoms with Crippen molar-refractivity contribution >= 4 is 11.8 Å². The molecule has 24 heavy (non-hydrogen) atoms. The van der Waals surface area contributed by atoms with Gasteiger partial charge in [0.25, 0.3) is 0 Å². The largest absolute Gasteiger partial charge is 0.497 e. The number of nitrogens with zero attached hydrogens (tertiary/aromatic N) is 3. The summed E-state index contributed by atoms with van der Waals surface area (Å²) in [7, 11) is 1.67. The van der Waals surface area contributed by atoms with Crippen LogP contribution >= 0.6 is 11.8 Å². The molecule has 4 nitrogen and oxygen atoms in total. The van der Waals surface area contributed by atoms with Gasteiger partial charge in [-0.05, 0) is 49.6 Å². The minimum absolute atomic E-state index is 0.849. The van der Waals surface area contributed by atoms with Crippen molar-refractivity contribution in [3.8, 4) is 11.4 Å². The smallest absolute Gasteiger partial charge is 0.195 e. The third-order valence-electron chi connectivity index (χ3n) is 3.81. The van der Waals surface area contributed by atoms with Crippen molar-refractivity contribution < 1.29 is 4.74 Å². The van der Waals surface area contributed by atoms with Crippen molar-refractivity contribution in [2.75, 3.05) is 12.9 Å². The van der Waals surface area contributed by atoms with Gasteiger partial charge in [0.15, 0.2) is 5.16 Å². The highest BCUT2D eigenvalue weighted by Crippen LogP contribution is 2.24. The Morgan fingerprint density at radius 3 is 2.46 bits per heavy atom. The molecule has 3 aromatic rings. The van der Waals surface area contributed by atoms with Crippen molar-refractivity contribution in [2.45, 2.75) is 24.9 Å². The standard InChI is InChI=1S/C19H21N3OS/c1-15-20-21-19(22(15)17-10-12-18(23-2)13-11-17)24-14-6-9-16-7-4-3-5-8-16/h3-5,7-8,10-13H,6,9,14H2,1-2H3. The molecule has 0 fully saturated rings. The Bertz CT molecular complexity index is 769. The Balaban J connectivity index is 1.64. The van der Waals surface area contributed by atoms with Crippen LogP contribution in [0.2, 0.25) is 0 Å². The third kappa shape index (κ3) is 3.97. The minimum Gasteiger partial charge on any atom is -0.497 e. The normalized spacial score (nSPS) is 10.8. The molecule has 5 heteroatoms. The van der Waals surface area contributed by atoms with Gasteiger partial charge in [-0.3, -0.25) is 4.57 Å². The molecule has 0 saturated heterocycles. The highest BCUT2D eigenvalue weighted by atomic mass is 32.2. The number of benzene rings is 2. The Morgan fingerprint density at radius 2 is 1.75 bits per heavy atom. The van der Waals surface area contributed by atoms with Crippen molar-refractivity contribution in [1.29, 1.82) is 0 Å². The average Bonchev–Trinajstić information content (AvgIpc) is 3.00. The van der Waals surface area contributed by atoms with E-state index in [2.05, 4.69) is 45.1 Å². The lowest BCUT2D eigenvalue weighted by molar-refractivity contribution is 0.414. The maximum atomic E-state index is 5.22. The molecule has 1 heterocycles. The van der Waals surface area contributed by atoms with Crippen LogP contribution in [0.25, 0.3) is 5.69 Å². The number of aromatic nitrogens is 3. The molecule has 0 aliphatic carbocycles. The second-order valence-electron chi connectivity index (χ2n) is 5.50. The first-order chi connectivity index (χ1) is 11.8. The lowest BCUT2D eigenvalue weighted by Crippen LogP contribution is -2.00. The zero-order valence-corrected chi connectivity index (χ0v) is 14.8. The number of ether oxygens (including phenoxy) is 1. The van der Waals surface area contributed by atoms with Gasteiger partial charge in [0.2, 0.25) is 0 Å². The van der Waals surface area contributed by atoms with Gasteiger partial charge >= 0.3 is 0 Å².